The van der Waals surface area contributed by atoms with Gasteiger partial charge in [0.15, 0.2) is 5.78 Å². The molecule has 0 bridgehead atoms. The number of nitrogens with one attached hydrogen (secondary N) is 1. The lowest BCUT2D eigenvalue weighted by Crippen LogP contribution is -2.39. The molecule has 7 heteroatoms. The summed E-state index contributed by atoms with van der Waals surface area (Å²) >= 11 is 0. The first-order chi connectivity index (χ1) is 15.7. The molecule has 4 rings (SSSR count). The maximum atomic E-state index is 13.4. The highest BCUT2D eigenvalue weighted by Crippen LogP contribution is 2.49. The third-order valence-corrected chi connectivity index (χ3v) is 6.64. The number of ketones is 1. The van der Waals surface area contributed by atoms with Gasteiger partial charge < -0.3 is 24.3 Å². The van der Waals surface area contributed by atoms with E-state index >= 15 is 0 Å². The second-order valence-corrected chi connectivity index (χ2v) is 9.77. The molecular weight excluding hydrogens is 422 g/mol. The second kappa shape index (κ2) is 9.21. The normalized spacial score (nSPS) is 24.3. The molecule has 1 aromatic carbocycles. The molecule has 0 aromatic heterocycles. The highest BCUT2D eigenvalue weighted by Gasteiger charge is 2.44. The number of hydrogen-bond donors (Lipinski definition) is 1. The van der Waals surface area contributed by atoms with Crippen LogP contribution in [-0.4, -0.2) is 45.3 Å². The van der Waals surface area contributed by atoms with Crippen molar-refractivity contribution < 1.29 is 28.5 Å². The van der Waals surface area contributed by atoms with Gasteiger partial charge in [-0.15, -0.1) is 0 Å². The number of benzene rings is 1. The minimum Gasteiger partial charge on any atom is -0.497 e. The van der Waals surface area contributed by atoms with Gasteiger partial charge in [-0.2, -0.15) is 0 Å². The molecule has 1 aliphatic carbocycles. The molecular formula is C26H33NO6. The van der Waals surface area contributed by atoms with Gasteiger partial charge in [0, 0.05) is 41.6 Å². The number of Topliss-reactive ketones (excluding diaryl/α,β-unsaturated/α-hetero) is 1. The fourth-order valence-electron chi connectivity index (χ4n) is 5.10. The van der Waals surface area contributed by atoms with Crippen molar-refractivity contribution >= 4 is 11.8 Å². The molecule has 33 heavy (non-hydrogen) atoms. The monoisotopic (exact) mass is 455 g/mol. The maximum absolute atomic E-state index is 13.4. The van der Waals surface area contributed by atoms with Gasteiger partial charge in [0.2, 0.25) is 0 Å². The number of carbonyl (C=O) groups is 2. The average molecular weight is 456 g/mol. The lowest BCUT2D eigenvalue weighted by Gasteiger charge is -2.39. The van der Waals surface area contributed by atoms with Crippen molar-refractivity contribution in [2.75, 3.05) is 27.4 Å². The summed E-state index contributed by atoms with van der Waals surface area (Å²) in [6.07, 6.45) is 2.91. The molecule has 2 aliphatic heterocycles. The van der Waals surface area contributed by atoms with Crippen LogP contribution in [0.4, 0.5) is 0 Å². The van der Waals surface area contributed by atoms with E-state index in [1.54, 1.807) is 20.3 Å². The Morgan fingerprint density at radius 3 is 2.67 bits per heavy atom. The van der Waals surface area contributed by atoms with E-state index < -0.39 is 11.9 Å². The topological polar surface area (TPSA) is 83.1 Å². The Kier molecular flexibility index (Phi) is 6.52. The fraction of sp³-hybridized carbons (Fsp3) is 0.538. The van der Waals surface area contributed by atoms with Gasteiger partial charge in [0.1, 0.15) is 18.1 Å². The lowest BCUT2D eigenvalue weighted by atomic mass is 9.68. The van der Waals surface area contributed by atoms with Crippen molar-refractivity contribution in [2.45, 2.75) is 58.5 Å². The smallest absolute Gasteiger partial charge is 0.336 e. The van der Waals surface area contributed by atoms with E-state index in [2.05, 4.69) is 19.2 Å². The van der Waals surface area contributed by atoms with Crippen molar-refractivity contribution in [1.29, 1.82) is 0 Å². The Bertz CT molecular complexity index is 1020. The summed E-state index contributed by atoms with van der Waals surface area (Å²) < 4.78 is 22.3. The molecule has 7 nitrogen and oxygen atoms in total. The standard InChI is InChI=1S/C26H33NO6/c1-15-22(25(29)33-14-17-7-6-10-32-17)23(18-9-8-16(30-4)11-21(18)31-5)24-19(27-15)12-26(2,3)13-20(24)28/h8-9,11,17,23,27H,6-7,10,12-14H2,1-5H3/t17-,23+/m0/s1. The summed E-state index contributed by atoms with van der Waals surface area (Å²) in [4.78, 5) is 26.8. The van der Waals surface area contributed by atoms with Crippen LogP contribution in [0, 0.1) is 5.41 Å². The van der Waals surface area contributed by atoms with Gasteiger partial charge >= 0.3 is 5.97 Å². The first-order valence-corrected chi connectivity index (χ1v) is 11.5. The average Bonchev–Trinajstić information content (AvgIpc) is 3.29. The quantitative estimate of drug-likeness (QED) is 0.649. The summed E-state index contributed by atoms with van der Waals surface area (Å²) in [5, 5.41) is 3.36. The summed E-state index contributed by atoms with van der Waals surface area (Å²) in [5.41, 5.74) is 3.20. The number of dihydropyridines is 1. The van der Waals surface area contributed by atoms with Crippen LogP contribution >= 0.6 is 0 Å². The number of methoxy groups -OCH3 is 2. The van der Waals surface area contributed by atoms with Gasteiger partial charge in [-0.25, -0.2) is 4.79 Å². The predicted molar refractivity (Wildman–Crippen MR) is 123 cm³/mol. The van der Waals surface area contributed by atoms with Gasteiger partial charge in [-0.1, -0.05) is 19.9 Å². The summed E-state index contributed by atoms with van der Waals surface area (Å²) in [6, 6.07) is 5.47. The van der Waals surface area contributed by atoms with E-state index in [0.29, 0.717) is 41.4 Å². The van der Waals surface area contributed by atoms with Crippen LogP contribution < -0.4 is 14.8 Å². The number of rotatable bonds is 6. The zero-order valence-corrected chi connectivity index (χ0v) is 20.1. The van der Waals surface area contributed by atoms with Crippen LogP contribution in [0.2, 0.25) is 0 Å². The van der Waals surface area contributed by atoms with E-state index in [1.807, 2.05) is 19.1 Å². The molecule has 0 unspecified atom stereocenters. The summed E-state index contributed by atoms with van der Waals surface area (Å²) in [6.45, 7) is 6.93. The van der Waals surface area contributed by atoms with Gasteiger partial charge in [-0.3, -0.25) is 4.79 Å². The summed E-state index contributed by atoms with van der Waals surface area (Å²) in [5.74, 6) is 0.208. The summed E-state index contributed by atoms with van der Waals surface area (Å²) in [7, 11) is 3.16. The lowest BCUT2D eigenvalue weighted by molar-refractivity contribution is -0.142. The van der Waals surface area contributed by atoms with E-state index in [0.717, 1.165) is 30.5 Å². The van der Waals surface area contributed by atoms with Crippen molar-refractivity contribution in [2.24, 2.45) is 5.41 Å². The molecule has 1 aromatic rings. The number of carbonyl (C=O) groups excluding carboxylic acids is 2. The first kappa shape index (κ1) is 23.4. The number of allylic oxidation sites excluding steroid dienone is 3. The van der Waals surface area contributed by atoms with Crippen LogP contribution in [0.15, 0.2) is 40.7 Å². The maximum Gasteiger partial charge on any atom is 0.336 e. The molecule has 2 heterocycles. The minimum absolute atomic E-state index is 0.0357. The SMILES string of the molecule is COc1ccc([C@@H]2C(C(=O)OC[C@@H]3CCCO3)=C(C)NC3=C2C(=O)CC(C)(C)C3)c(OC)c1. The molecule has 1 fully saturated rings. The molecule has 1 N–H and O–H groups in total. The van der Waals surface area contributed by atoms with Crippen LogP contribution in [-0.2, 0) is 19.1 Å². The Labute approximate surface area is 195 Å². The molecule has 2 atom stereocenters. The molecule has 0 spiro atoms. The van der Waals surface area contributed by atoms with Gasteiger partial charge in [0.25, 0.3) is 0 Å². The fourth-order valence-corrected chi connectivity index (χ4v) is 5.10. The molecule has 178 valence electrons. The molecule has 3 aliphatic rings. The Morgan fingerprint density at radius 1 is 1.21 bits per heavy atom. The van der Waals surface area contributed by atoms with Crippen LogP contribution in [0.1, 0.15) is 57.9 Å². The highest BCUT2D eigenvalue weighted by atomic mass is 16.6. The van der Waals surface area contributed by atoms with Crippen LogP contribution in [0.25, 0.3) is 0 Å². The molecule has 0 saturated carbocycles. The Balaban J connectivity index is 1.78. The van der Waals surface area contributed by atoms with E-state index in [-0.39, 0.29) is 23.9 Å². The number of esters is 1. The largest absolute Gasteiger partial charge is 0.497 e. The van der Waals surface area contributed by atoms with E-state index in [9.17, 15) is 9.59 Å². The van der Waals surface area contributed by atoms with Crippen molar-refractivity contribution in [3.05, 3.63) is 46.3 Å². The van der Waals surface area contributed by atoms with E-state index in [1.165, 1.54) is 0 Å². The van der Waals surface area contributed by atoms with Crippen LogP contribution in [0.3, 0.4) is 0 Å². The van der Waals surface area contributed by atoms with E-state index in [4.69, 9.17) is 18.9 Å². The van der Waals surface area contributed by atoms with Gasteiger partial charge in [0.05, 0.1) is 31.8 Å². The third-order valence-electron chi connectivity index (χ3n) is 6.64. The van der Waals surface area contributed by atoms with Crippen molar-refractivity contribution in [1.82, 2.24) is 5.32 Å². The van der Waals surface area contributed by atoms with Gasteiger partial charge in [-0.05, 0) is 37.7 Å². The predicted octanol–water partition coefficient (Wildman–Crippen LogP) is 4.03. The Morgan fingerprint density at radius 2 is 2.00 bits per heavy atom. The number of ether oxygens (including phenoxy) is 4. The zero-order chi connectivity index (χ0) is 23.8. The van der Waals surface area contributed by atoms with Crippen molar-refractivity contribution in [3.8, 4) is 11.5 Å². The van der Waals surface area contributed by atoms with Crippen molar-refractivity contribution in [3.63, 3.8) is 0 Å². The highest BCUT2D eigenvalue weighted by molar-refractivity contribution is 6.04. The zero-order valence-electron chi connectivity index (χ0n) is 20.1. The minimum atomic E-state index is -0.581. The number of hydrogen-bond acceptors (Lipinski definition) is 7. The first-order valence-electron chi connectivity index (χ1n) is 11.5. The second-order valence-electron chi connectivity index (χ2n) is 9.77. The third kappa shape index (κ3) is 4.64. The molecule has 1 saturated heterocycles. The van der Waals surface area contributed by atoms with Crippen LogP contribution in [0.5, 0.6) is 11.5 Å². The Hall–Kier alpha value is -2.80. The molecule has 0 radical (unpaired) electrons. The molecule has 0 amide bonds.